The topological polar surface area (TPSA) is 192 Å². The van der Waals surface area contributed by atoms with E-state index in [1.54, 1.807) is 0 Å². The largest absolute Gasteiger partial charge is 0.472 e. The molecule has 1 aliphatic rings. The number of phosphoric acid groups is 1. The number of ether oxygens (including phenoxy) is 2. The SMILES string of the molecule is CCCCCCCCCCCCCCCCCCCCCCOCC(COP(=O)(O)OC1C(O)C(O)C(O)C(O)C1O)OC(=O)CCCCCCCCC. The van der Waals surface area contributed by atoms with Gasteiger partial charge in [-0.25, -0.2) is 4.57 Å². The highest BCUT2D eigenvalue weighted by molar-refractivity contribution is 7.47. The van der Waals surface area contributed by atoms with Crippen molar-refractivity contribution in [3.05, 3.63) is 0 Å². The standard InChI is InChI=1S/C41H81O12P/c1-3-5-7-9-11-12-13-14-15-16-17-18-19-20-21-22-23-25-27-29-31-50-32-34(52-35(42)30-28-26-24-10-8-6-4-2)33-51-54(48,49)53-41-39(46)37(44)36(43)38(45)40(41)47/h34,36-41,43-47H,3-33H2,1-2H3,(H,48,49). The summed E-state index contributed by atoms with van der Waals surface area (Å²) in [5.41, 5.74) is 0. The lowest BCUT2D eigenvalue weighted by Crippen LogP contribution is -2.64. The summed E-state index contributed by atoms with van der Waals surface area (Å²) in [5.74, 6) is -0.480. The Hall–Kier alpha value is -0.660. The minimum Gasteiger partial charge on any atom is -0.457 e. The zero-order valence-electron chi connectivity index (χ0n) is 34.0. The van der Waals surface area contributed by atoms with Crippen LogP contribution in [0.4, 0.5) is 0 Å². The van der Waals surface area contributed by atoms with Gasteiger partial charge in [0.2, 0.25) is 0 Å². The molecule has 0 aliphatic heterocycles. The summed E-state index contributed by atoms with van der Waals surface area (Å²) in [6, 6.07) is 0. The molecule has 54 heavy (non-hydrogen) atoms. The van der Waals surface area contributed by atoms with E-state index in [-0.39, 0.29) is 13.0 Å². The van der Waals surface area contributed by atoms with Gasteiger partial charge in [0, 0.05) is 13.0 Å². The Morgan fingerprint density at radius 2 is 0.870 bits per heavy atom. The number of carbonyl (C=O) groups excluding carboxylic acids is 1. The molecule has 322 valence electrons. The summed E-state index contributed by atoms with van der Waals surface area (Å²) in [6.45, 7) is 4.22. The number of aliphatic hydroxyl groups excluding tert-OH is 5. The predicted molar refractivity (Wildman–Crippen MR) is 212 cm³/mol. The van der Waals surface area contributed by atoms with Crippen LogP contribution < -0.4 is 0 Å². The molecule has 0 radical (unpaired) electrons. The zero-order valence-corrected chi connectivity index (χ0v) is 34.9. The highest BCUT2D eigenvalue weighted by Gasteiger charge is 2.51. The average Bonchev–Trinajstić information content (AvgIpc) is 3.15. The van der Waals surface area contributed by atoms with Crippen LogP contribution in [0.1, 0.15) is 194 Å². The first kappa shape index (κ1) is 51.4. The smallest absolute Gasteiger partial charge is 0.457 e. The Bertz CT molecular complexity index is 911. The molecular formula is C41H81O12P. The Morgan fingerprint density at radius 1 is 0.519 bits per heavy atom. The maximum Gasteiger partial charge on any atom is 0.472 e. The molecular weight excluding hydrogens is 715 g/mol. The Morgan fingerprint density at radius 3 is 1.28 bits per heavy atom. The Balaban J connectivity index is 2.29. The molecule has 13 heteroatoms. The lowest BCUT2D eigenvalue weighted by molar-refractivity contribution is -0.220. The van der Waals surface area contributed by atoms with Crippen LogP contribution in [0.2, 0.25) is 0 Å². The van der Waals surface area contributed by atoms with E-state index in [4.69, 9.17) is 18.5 Å². The van der Waals surface area contributed by atoms with Crippen molar-refractivity contribution in [1.29, 1.82) is 0 Å². The fraction of sp³-hybridized carbons (Fsp3) is 0.976. The molecule has 1 fully saturated rings. The highest BCUT2D eigenvalue weighted by atomic mass is 31.2. The van der Waals surface area contributed by atoms with Crippen molar-refractivity contribution >= 4 is 13.8 Å². The van der Waals surface area contributed by atoms with Gasteiger partial charge in [-0.2, -0.15) is 0 Å². The van der Waals surface area contributed by atoms with Crippen LogP contribution in [0.15, 0.2) is 0 Å². The highest BCUT2D eigenvalue weighted by Crippen LogP contribution is 2.47. The van der Waals surface area contributed by atoms with E-state index in [2.05, 4.69) is 13.8 Å². The van der Waals surface area contributed by atoms with Crippen LogP contribution in [0.5, 0.6) is 0 Å². The van der Waals surface area contributed by atoms with Gasteiger partial charge in [0.05, 0.1) is 13.2 Å². The number of phosphoric ester groups is 1. The lowest BCUT2D eigenvalue weighted by atomic mass is 9.85. The fourth-order valence-electron chi connectivity index (χ4n) is 6.94. The molecule has 0 heterocycles. The van der Waals surface area contributed by atoms with Gasteiger partial charge in [-0.3, -0.25) is 13.8 Å². The van der Waals surface area contributed by atoms with E-state index < -0.39 is 63.1 Å². The van der Waals surface area contributed by atoms with E-state index in [1.807, 2.05) is 0 Å². The molecule has 1 rings (SSSR count). The second-order valence-electron chi connectivity index (χ2n) is 15.6. The summed E-state index contributed by atoms with van der Waals surface area (Å²) < 4.78 is 34.0. The second-order valence-corrected chi connectivity index (χ2v) is 17.0. The van der Waals surface area contributed by atoms with Gasteiger partial charge in [0.15, 0.2) is 0 Å². The first-order chi connectivity index (χ1) is 26.0. The van der Waals surface area contributed by atoms with Gasteiger partial charge in [0.1, 0.15) is 42.7 Å². The number of aliphatic hydroxyl groups is 5. The summed E-state index contributed by atoms with van der Waals surface area (Å²) in [5, 5.41) is 50.0. The molecule has 0 bridgehead atoms. The van der Waals surface area contributed by atoms with Gasteiger partial charge < -0.3 is 39.9 Å². The quantitative estimate of drug-likeness (QED) is 0.0201. The van der Waals surface area contributed by atoms with Crippen molar-refractivity contribution in [3.8, 4) is 0 Å². The van der Waals surface area contributed by atoms with Gasteiger partial charge in [-0.05, 0) is 12.8 Å². The van der Waals surface area contributed by atoms with Crippen molar-refractivity contribution < 1.29 is 58.3 Å². The number of carbonyl (C=O) groups is 1. The third-order valence-electron chi connectivity index (χ3n) is 10.5. The van der Waals surface area contributed by atoms with Crippen LogP contribution in [-0.2, 0) is 27.9 Å². The van der Waals surface area contributed by atoms with E-state index in [9.17, 15) is 39.8 Å². The molecule has 0 spiro atoms. The van der Waals surface area contributed by atoms with Crippen LogP contribution in [0, 0.1) is 0 Å². The minimum atomic E-state index is -5.00. The number of rotatable bonds is 37. The van der Waals surface area contributed by atoms with Crippen LogP contribution in [0.25, 0.3) is 0 Å². The lowest BCUT2D eigenvalue weighted by Gasteiger charge is -2.41. The summed E-state index contributed by atoms with van der Waals surface area (Å²) in [7, 11) is -5.00. The molecule has 12 nitrogen and oxygen atoms in total. The molecule has 0 saturated heterocycles. The van der Waals surface area contributed by atoms with Crippen LogP contribution in [-0.4, -0.2) is 98.9 Å². The summed E-state index contributed by atoms with van der Waals surface area (Å²) >= 11 is 0. The molecule has 1 aliphatic carbocycles. The van der Waals surface area contributed by atoms with Crippen molar-refractivity contribution in [2.24, 2.45) is 0 Å². The second kappa shape index (κ2) is 33.3. The van der Waals surface area contributed by atoms with Gasteiger partial charge in [-0.15, -0.1) is 0 Å². The minimum absolute atomic E-state index is 0.0693. The molecule has 6 N–H and O–H groups in total. The number of hydrogen-bond acceptors (Lipinski definition) is 11. The summed E-state index contributed by atoms with van der Waals surface area (Å²) in [4.78, 5) is 22.9. The van der Waals surface area contributed by atoms with Crippen molar-refractivity contribution in [1.82, 2.24) is 0 Å². The predicted octanol–water partition coefficient (Wildman–Crippen LogP) is 8.20. The van der Waals surface area contributed by atoms with E-state index >= 15 is 0 Å². The first-order valence-electron chi connectivity index (χ1n) is 21.9. The monoisotopic (exact) mass is 797 g/mol. The maximum atomic E-state index is 12.7. The average molecular weight is 797 g/mol. The molecule has 0 aromatic carbocycles. The third kappa shape index (κ3) is 25.6. The van der Waals surface area contributed by atoms with Crippen LogP contribution >= 0.6 is 7.82 Å². The van der Waals surface area contributed by atoms with E-state index in [1.165, 1.54) is 122 Å². The molecule has 0 amide bonds. The number of esters is 1. The normalized spacial score (nSPS) is 23.3. The molecule has 0 aromatic heterocycles. The van der Waals surface area contributed by atoms with Gasteiger partial charge in [-0.1, -0.05) is 174 Å². The molecule has 0 aromatic rings. The van der Waals surface area contributed by atoms with Crippen molar-refractivity contribution in [2.75, 3.05) is 19.8 Å². The number of unbranched alkanes of at least 4 members (excludes halogenated alkanes) is 25. The Labute approximate surface area is 327 Å². The van der Waals surface area contributed by atoms with Crippen LogP contribution in [0.3, 0.4) is 0 Å². The van der Waals surface area contributed by atoms with Crippen molar-refractivity contribution in [3.63, 3.8) is 0 Å². The third-order valence-corrected chi connectivity index (χ3v) is 11.5. The van der Waals surface area contributed by atoms with E-state index in [0.717, 1.165) is 44.9 Å². The van der Waals surface area contributed by atoms with E-state index in [0.29, 0.717) is 13.0 Å². The molecule has 6 atom stereocenters. The van der Waals surface area contributed by atoms with Gasteiger partial charge >= 0.3 is 13.8 Å². The van der Waals surface area contributed by atoms with Gasteiger partial charge in [0.25, 0.3) is 0 Å². The molecule has 6 unspecified atom stereocenters. The fourth-order valence-corrected chi connectivity index (χ4v) is 7.92. The Kier molecular flexibility index (Phi) is 31.7. The zero-order chi connectivity index (χ0) is 39.9. The number of hydrogen-bond donors (Lipinski definition) is 6. The summed E-state index contributed by atoms with van der Waals surface area (Å²) in [6.07, 6.45) is 20.7. The molecule has 1 saturated carbocycles. The maximum absolute atomic E-state index is 12.7. The van der Waals surface area contributed by atoms with Crippen molar-refractivity contribution in [2.45, 2.75) is 236 Å². The first-order valence-corrected chi connectivity index (χ1v) is 23.4.